The fourth-order valence-corrected chi connectivity index (χ4v) is 3.72. The van der Waals surface area contributed by atoms with Gasteiger partial charge in [0.2, 0.25) is 0 Å². The van der Waals surface area contributed by atoms with Gasteiger partial charge in [-0.1, -0.05) is 11.6 Å². The summed E-state index contributed by atoms with van der Waals surface area (Å²) in [5, 5.41) is 12.9. The number of aromatic hydroxyl groups is 1. The number of hydrogen-bond donors (Lipinski definition) is 2. The first-order chi connectivity index (χ1) is 9.63. The van der Waals surface area contributed by atoms with Crippen LogP contribution < -0.4 is 5.32 Å². The van der Waals surface area contributed by atoms with E-state index in [0.29, 0.717) is 15.6 Å². The third-order valence-electron chi connectivity index (χ3n) is 3.43. The van der Waals surface area contributed by atoms with Gasteiger partial charge < -0.3 is 10.4 Å². The van der Waals surface area contributed by atoms with E-state index in [4.69, 9.17) is 11.6 Å². The van der Waals surface area contributed by atoms with Gasteiger partial charge in [-0.15, -0.1) is 11.3 Å². The Balaban J connectivity index is 1.82. The van der Waals surface area contributed by atoms with Gasteiger partial charge in [0.05, 0.1) is 10.6 Å². The van der Waals surface area contributed by atoms with Crippen molar-refractivity contribution >= 4 is 34.5 Å². The molecular formula is C15H14ClNO2S. The van der Waals surface area contributed by atoms with Crippen molar-refractivity contribution in [3.05, 3.63) is 44.6 Å². The van der Waals surface area contributed by atoms with Crippen LogP contribution in [-0.2, 0) is 12.8 Å². The molecule has 2 N–H and O–H groups in total. The van der Waals surface area contributed by atoms with Crippen molar-refractivity contribution in [3.63, 3.8) is 0 Å². The van der Waals surface area contributed by atoms with Crippen molar-refractivity contribution < 1.29 is 9.90 Å². The Morgan fingerprint density at radius 1 is 1.25 bits per heavy atom. The maximum absolute atomic E-state index is 12.2. The highest BCUT2D eigenvalue weighted by atomic mass is 35.5. The number of phenols is 1. The topological polar surface area (TPSA) is 49.3 Å². The number of carbonyl (C=O) groups is 1. The van der Waals surface area contributed by atoms with Crippen LogP contribution in [0.2, 0.25) is 5.02 Å². The second-order valence-electron chi connectivity index (χ2n) is 4.88. The average molecular weight is 308 g/mol. The second kappa shape index (κ2) is 5.46. The number of carbonyl (C=O) groups excluding carboxylic acids is 1. The molecule has 1 aromatic heterocycles. The molecule has 1 aliphatic carbocycles. The van der Waals surface area contributed by atoms with Gasteiger partial charge in [0.15, 0.2) is 0 Å². The number of nitrogens with one attached hydrogen (secondary N) is 1. The lowest BCUT2D eigenvalue weighted by atomic mass is 9.99. The van der Waals surface area contributed by atoms with E-state index in [1.54, 1.807) is 23.5 Å². The van der Waals surface area contributed by atoms with Crippen molar-refractivity contribution in [2.45, 2.75) is 25.7 Å². The van der Waals surface area contributed by atoms with Crippen molar-refractivity contribution in [3.8, 4) is 5.75 Å². The van der Waals surface area contributed by atoms with E-state index in [2.05, 4.69) is 5.32 Å². The lowest BCUT2D eigenvalue weighted by Gasteiger charge is -2.08. The van der Waals surface area contributed by atoms with Crippen LogP contribution in [0.5, 0.6) is 5.75 Å². The first-order valence-electron chi connectivity index (χ1n) is 6.55. The van der Waals surface area contributed by atoms with E-state index in [1.165, 1.54) is 29.3 Å². The van der Waals surface area contributed by atoms with E-state index in [-0.39, 0.29) is 11.7 Å². The van der Waals surface area contributed by atoms with Crippen molar-refractivity contribution in [1.82, 2.24) is 0 Å². The molecule has 2 aromatic rings. The molecule has 1 aromatic carbocycles. The summed E-state index contributed by atoms with van der Waals surface area (Å²) in [5.41, 5.74) is 1.63. The summed E-state index contributed by atoms with van der Waals surface area (Å²) in [6, 6.07) is 6.56. The van der Waals surface area contributed by atoms with Gasteiger partial charge in [-0.25, -0.2) is 0 Å². The minimum Gasteiger partial charge on any atom is -0.506 e. The maximum Gasteiger partial charge on any atom is 0.265 e. The highest BCUT2D eigenvalue weighted by Crippen LogP contribution is 2.31. The van der Waals surface area contributed by atoms with Crippen molar-refractivity contribution in [2.75, 3.05) is 5.32 Å². The molecule has 20 heavy (non-hydrogen) atoms. The maximum atomic E-state index is 12.2. The summed E-state index contributed by atoms with van der Waals surface area (Å²) < 4.78 is 0. The van der Waals surface area contributed by atoms with Crippen LogP contribution in [0, 0.1) is 0 Å². The number of amides is 1. The summed E-state index contributed by atoms with van der Waals surface area (Å²) >= 11 is 7.42. The first kappa shape index (κ1) is 13.5. The molecule has 0 atom stereocenters. The zero-order valence-corrected chi connectivity index (χ0v) is 12.4. The standard InChI is InChI=1S/C15H14ClNO2S/c16-10-5-6-12(18)11(8-10)17-15(19)14-7-9-3-1-2-4-13(9)20-14/h5-8,18H,1-4H2,(H,17,19). The van der Waals surface area contributed by atoms with Crippen molar-refractivity contribution in [1.29, 1.82) is 0 Å². The Morgan fingerprint density at radius 3 is 2.85 bits per heavy atom. The van der Waals surface area contributed by atoms with Crippen molar-refractivity contribution in [2.24, 2.45) is 0 Å². The van der Waals surface area contributed by atoms with Gasteiger partial charge in [0, 0.05) is 9.90 Å². The molecule has 0 aliphatic heterocycles. The van der Waals surface area contributed by atoms with Crippen LogP contribution in [-0.4, -0.2) is 11.0 Å². The molecule has 104 valence electrons. The van der Waals surface area contributed by atoms with Crippen LogP contribution >= 0.6 is 22.9 Å². The molecule has 0 bridgehead atoms. The summed E-state index contributed by atoms with van der Waals surface area (Å²) in [7, 11) is 0. The van der Waals surface area contributed by atoms with E-state index in [1.807, 2.05) is 6.07 Å². The monoisotopic (exact) mass is 307 g/mol. The summed E-state index contributed by atoms with van der Waals surface area (Å²) in [4.78, 5) is 14.2. The van der Waals surface area contributed by atoms with Gasteiger partial charge in [0.25, 0.3) is 5.91 Å². The number of thiophene rings is 1. The third kappa shape index (κ3) is 2.67. The molecular weight excluding hydrogens is 294 g/mol. The molecule has 0 radical (unpaired) electrons. The van der Waals surface area contributed by atoms with Crippen LogP contribution in [0.4, 0.5) is 5.69 Å². The lowest BCUT2D eigenvalue weighted by molar-refractivity contribution is 0.103. The van der Waals surface area contributed by atoms with Crippen LogP contribution in [0.3, 0.4) is 0 Å². The van der Waals surface area contributed by atoms with Gasteiger partial charge in [-0.2, -0.15) is 0 Å². The fourth-order valence-electron chi connectivity index (χ4n) is 2.39. The largest absolute Gasteiger partial charge is 0.506 e. The Hall–Kier alpha value is -1.52. The number of hydrogen-bond acceptors (Lipinski definition) is 3. The molecule has 0 fully saturated rings. The van der Waals surface area contributed by atoms with E-state index in [0.717, 1.165) is 12.8 Å². The second-order valence-corrected chi connectivity index (χ2v) is 6.45. The smallest absolute Gasteiger partial charge is 0.265 e. The number of rotatable bonds is 2. The predicted molar refractivity (Wildman–Crippen MR) is 82.0 cm³/mol. The molecule has 0 saturated heterocycles. The van der Waals surface area contributed by atoms with Crippen LogP contribution in [0.1, 0.15) is 33.0 Å². The normalized spacial score (nSPS) is 13.8. The Kier molecular flexibility index (Phi) is 3.68. The van der Waals surface area contributed by atoms with E-state index in [9.17, 15) is 9.90 Å². The SMILES string of the molecule is O=C(Nc1cc(Cl)ccc1O)c1cc2c(s1)CCCC2. The average Bonchev–Trinajstić information content (AvgIpc) is 2.87. The van der Waals surface area contributed by atoms with Gasteiger partial charge in [-0.3, -0.25) is 4.79 Å². The van der Waals surface area contributed by atoms with Crippen LogP contribution in [0.15, 0.2) is 24.3 Å². The van der Waals surface area contributed by atoms with Gasteiger partial charge >= 0.3 is 0 Å². The van der Waals surface area contributed by atoms with Crippen LogP contribution in [0.25, 0.3) is 0 Å². The molecule has 1 amide bonds. The molecule has 1 aliphatic rings. The number of aryl methyl sites for hydroxylation is 2. The number of fused-ring (bicyclic) bond motifs is 1. The zero-order chi connectivity index (χ0) is 14.1. The third-order valence-corrected chi connectivity index (χ3v) is 4.90. The van der Waals surface area contributed by atoms with Gasteiger partial charge in [-0.05, 0) is 55.5 Å². The minimum atomic E-state index is -0.193. The Morgan fingerprint density at radius 2 is 2.05 bits per heavy atom. The molecule has 0 spiro atoms. The fraction of sp³-hybridized carbons (Fsp3) is 0.267. The van der Waals surface area contributed by atoms with E-state index < -0.39 is 0 Å². The molecule has 3 nitrogen and oxygen atoms in total. The zero-order valence-electron chi connectivity index (χ0n) is 10.8. The Bertz CT molecular complexity index is 642. The molecule has 3 rings (SSSR count). The summed E-state index contributed by atoms with van der Waals surface area (Å²) in [6.07, 6.45) is 4.51. The Labute approximate surface area is 126 Å². The lowest BCUT2D eigenvalue weighted by Crippen LogP contribution is -2.10. The number of phenolic OH excluding ortho intramolecular Hbond substituents is 1. The van der Waals surface area contributed by atoms with Gasteiger partial charge in [0.1, 0.15) is 5.75 Å². The summed E-state index contributed by atoms with van der Waals surface area (Å²) in [6.45, 7) is 0. The number of anilines is 1. The molecule has 5 heteroatoms. The summed E-state index contributed by atoms with van der Waals surface area (Å²) in [5.74, 6) is -0.175. The molecule has 0 saturated carbocycles. The molecule has 1 heterocycles. The predicted octanol–water partition coefficient (Wildman–Crippen LogP) is 4.24. The number of benzene rings is 1. The molecule has 0 unspecified atom stereocenters. The quantitative estimate of drug-likeness (QED) is 0.815. The minimum absolute atomic E-state index is 0.0177. The number of halogens is 1. The first-order valence-corrected chi connectivity index (χ1v) is 7.74. The van der Waals surface area contributed by atoms with E-state index >= 15 is 0 Å². The highest BCUT2D eigenvalue weighted by Gasteiger charge is 2.18. The highest BCUT2D eigenvalue weighted by molar-refractivity contribution is 7.14.